The summed E-state index contributed by atoms with van der Waals surface area (Å²) in [6.45, 7) is 2.85. The molecule has 2 aliphatic heterocycles. The highest BCUT2D eigenvalue weighted by atomic mass is 35.5. The van der Waals surface area contributed by atoms with Crippen LogP contribution >= 0.6 is 11.6 Å². The Morgan fingerprint density at radius 3 is 2.87 bits per heavy atom. The van der Waals surface area contributed by atoms with Crippen LogP contribution in [0.3, 0.4) is 0 Å². The van der Waals surface area contributed by atoms with Crippen molar-refractivity contribution < 1.29 is 4.42 Å². The number of aromatic nitrogens is 2. The molecule has 0 amide bonds. The van der Waals surface area contributed by atoms with Gasteiger partial charge in [-0.3, -0.25) is 14.7 Å². The maximum Gasteiger partial charge on any atom is 0.255 e. The van der Waals surface area contributed by atoms with Crippen LogP contribution in [0.15, 0.2) is 50.6 Å². The van der Waals surface area contributed by atoms with Gasteiger partial charge in [-0.15, -0.1) is 0 Å². The number of furan rings is 1. The van der Waals surface area contributed by atoms with Crippen molar-refractivity contribution in [2.75, 3.05) is 13.1 Å². The summed E-state index contributed by atoms with van der Waals surface area (Å²) >= 11 is 6.28. The molecule has 1 aromatic carbocycles. The topological polar surface area (TPSA) is 74.5 Å². The Kier molecular flexibility index (Phi) is 5.27. The molecule has 0 atom stereocenters. The van der Waals surface area contributed by atoms with E-state index in [2.05, 4.69) is 14.9 Å². The molecule has 0 saturated carbocycles. The molecule has 2 aliphatic rings. The third kappa shape index (κ3) is 3.85. The van der Waals surface area contributed by atoms with Crippen molar-refractivity contribution in [1.82, 2.24) is 14.9 Å². The average molecular weight is 423 g/mol. The number of nitrogens with zero attached hydrogens (tertiary/aromatic N) is 3. The monoisotopic (exact) mass is 422 g/mol. The first-order valence-electron chi connectivity index (χ1n) is 10.4. The van der Waals surface area contributed by atoms with Crippen LogP contribution in [0.5, 0.6) is 0 Å². The van der Waals surface area contributed by atoms with E-state index in [1.165, 1.54) is 0 Å². The number of hydrogen-bond acceptors (Lipinski definition) is 5. The smallest absolute Gasteiger partial charge is 0.255 e. The quantitative estimate of drug-likeness (QED) is 0.683. The Hall–Kier alpha value is -2.70. The second kappa shape index (κ2) is 8.20. The van der Waals surface area contributed by atoms with Crippen molar-refractivity contribution in [2.45, 2.75) is 38.8 Å². The summed E-state index contributed by atoms with van der Waals surface area (Å²) < 4.78 is 6.03. The Morgan fingerprint density at radius 1 is 1.13 bits per heavy atom. The SMILES string of the molecule is O=c1[nH]c(C2=NCCCC2)nc2c1CN(Cc1ccc(-c3ccccc3Cl)o1)CC2. The zero-order chi connectivity index (χ0) is 20.5. The summed E-state index contributed by atoms with van der Waals surface area (Å²) in [7, 11) is 0. The number of H-pyrrole nitrogens is 1. The first kappa shape index (κ1) is 19.3. The van der Waals surface area contributed by atoms with Gasteiger partial charge < -0.3 is 9.40 Å². The Labute approximate surface area is 179 Å². The fourth-order valence-electron chi connectivity index (χ4n) is 4.13. The number of aliphatic imine (C=N–C) groups is 1. The normalized spacial score (nSPS) is 16.9. The predicted molar refractivity (Wildman–Crippen MR) is 117 cm³/mol. The van der Waals surface area contributed by atoms with Crippen molar-refractivity contribution in [1.29, 1.82) is 0 Å². The number of rotatable bonds is 4. The average Bonchev–Trinajstić information content (AvgIpc) is 3.23. The minimum atomic E-state index is -0.0517. The van der Waals surface area contributed by atoms with E-state index in [9.17, 15) is 4.79 Å². The Bertz CT molecular complexity index is 1160. The summed E-state index contributed by atoms with van der Waals surface area (Å²) in [5.41, 5.74) is 3.41. The Balaban J connectivity index is 1.32. The highest BCUT2D eigenvalue weighted by Crippen LogP contribution is 2.29. The number of aromatic amines is 1. The van der Waals surface area contributed by atoms with Gasteiger partial charge in [-0.2, -0.15) is 0 Å². The fraction of sp³-hybridized carbons (Fsp3) is 0.348. The fourth-order valence-corrected chi connectivity index (χ4v) is 4.36. The molecule has 154 valence electrons. The van der Waals surface area contributed by atoms with Gasteiger partial charge in [0.15, 0.2) is 5.82 Å². The largest absolute Gasteiger partial charge is 0.460 e. The number of halogens is 1. The second-order valence-electron chi connectivity index (χ2n) is 7.83. The molecule has 6 nitrogen and oxygen atoms in total. The molecule has 1 N–H and O–H groups in total. The highest BCUT2D eigenvalue weighted by Gasteiger charge is 2.23. The number of benzene rings is 1. The first-order chi connectivity index (χ1) is 14.7. The van der Waals surface area contributed by atoms with E-state index in [-0.39, 0.29) is 5.56 Å². The molecule has 0 bridgehead atoms. The molecule has 30 heavy (non-hydrogen) atoms. The van der Waals surface area contributed by atoms with E-state index < -0.39 is 0 Å². The third-order valence-corrected chi connectivity index (χ3v) is 6.06. The standard InChI is InChI=1S/C23H23ClN4O2/c24-18-6-2-1-5-16(18)21-9-8-15(30-21)13-28-12-10-19-17(14-28)23(29)27-22(26-19)20-7-3-4-11-25-20/h1-2,5-6,8-9H,3-4,7,10-14H2,(H,26,27,29). The molecule has 3 aromatic rings. The van der Waals surface area contributed by atoms with Crippen molar-refractivity contribution in [3.63, 3.8) is 0 Å². The van der Waals surface area contributed by atoms with E-state index in [1.807, 2.05) is 36.4 Å². The van der Waals surface area contributed by atoms with Gasteiger partial charge in [0.25, 0.3) is 5.56 Å². The van der Waals surface area contributed by atoms with Crippen LogP contribution < -0.4 is 5.56 Å². The maximum atomic E-state index is 12.7. The molecule has 0 fully saturated rings. The van der Waals surface area contributed by atoms with E-state index >= 15 is 0 Å². The lowest BCUT2D eigenvalue weighted by molar-refractivity contribution is 0.223. The van der Waals surface area contributed by atoms with E-state index in [1.54, 1.807) is 0 Å². The second-order valence-corrected chi connectivity index (χ2v) is 8.24. The lowest BCUT2D eigenvalue weighted by Gasteiger charge is -2.27. The van der Waals surface area contributed by atoms with Crippen molar-refractivity contribution in [3.05, 3.63) is 74.6 Å². The van der Waals surface area contributed by atoms with Gasteiger partial charge in [-0.05, 0) is 43.5 Å². The predicted octanol–water partition coefficient (Wildman–Crippen LogP) is 4.21. The molecule has 4 heterocycles. The van der Waals surface area contributed by atoms with Crippen molar-refractivity contribution in [2.24, 2.45) is 4.99 Å². The van der Waals surface area contributed by atoms with Crippen molar-refractivity contribution in [3.8, 4) is 11.3 Å². The minimum Gasteiger partial charge on any atom is -0.460 e. The lowest BCUT2D eigenvalue weighted by Crippen LogP contribution is -2.36. The highest BCUT2D eigenvalue weighted by molar-refractivity contribution is 6.33. The van der Waals surface area contributed by atoms with Gasteiger partial charge in [0.1, 0.15) is 11.5 Å². The molecule has 7 heteroatoms. The van der Waals surface area contributed by atoms with Gasteiger partial charge in [0, 0.05) is 31.6 Å². The molecule has 0 radical (unpaired) electrons. The molecular formula is C23H23ClN4O2. The van der Waals surface area contributed by atoms with Crippen LogP contribution in [0.4, 0.5) is 0 Å². The number of fused-ring (bicyclic) bond motifs is 1. The zero-order valence-electron chi connectivity index (χ0n) is 16.7. The van der Waals surface area contributed by atoms with Crippen LogP contribution in [0.25, 0.3) is 11.3 Å². The van der Waals surface area contributed by atoms with Crippen LogP contribution in [0, 0.1) is 0 Å². The summed E-state index contributed by atoms with van der Waals surface area (Å²) in [6.07, 6.45) is 3.85. The summed E-state index contributed by atoms with van der Waals surface area (Å²) in [5.74, 6) is 2.26. The zero-order valence-corrected chi connectivity index (χ0v) is 17.4. The van der Waals surface area contributed by atoms with Gasteiger partial charge in [-0.25, -0.2) is 4.98 Å². The van der Waals surface area contributed by atoms with Crippen LogP contribution in [-0.2, 0) is 19.5 Å². The van der Waals surface area contributed by atoms with Crippen LogP contribution in [0.2, 0.25) is 5.02 Å². The van der Waals surface area contributed by atoms with E-state index in [0.717, 1.165) is 72.8 Å². The molecular weight excluding hydrogens is 400 g/mol. The van der Waals surface area contributed by atoms with Crippen LogP contribution in [-0.4, -0.2) is 33.7 Å². The molecule has 5 rings (SSSR count). The van der Waals surface area contributed by atoms with Crippen LogP contribution in [0.1, 0.15) is 42.1 Å². The van der Waals surface area contributed by atoms with Gasteiger partial charge >= 0.3 is 0 Å². The van der Waals surface area contributed by atoms with Gasteiger partial charge in [-0.1, -0.05) is 23.7 Å². The maximum absolute atomic E-state index is 12.7. The molecule has 0 aliphatic carbocycles. The van der Waals surface area contributed by atoms with Gasteiger partial charge in [0.2, 0.25) is 0 Å². The number of nitrogens with one attached hydrogen (secondary N) is 1. The van der Waals surface area contributed by atoms with Crippen molar-refractivity contribution >= 4 is 17.3 Å². The summed E-state index contributed by atoms with van der Waals surface area (Å²) in [5, 5.41) is 0.668. The first-order valence-corrected chi connectivity index (χ1v) is 10.8. The van der Waals surface area contributed by atoms with E-state index in [0.29, 0.717) is 23.9 Å². The van der Waals surface area contributed by atoms with Gasteiger partial charge in [0.05, 0.1) is 28.5 Å². The molecule has 0 saturated heterocycles. The lowest BCUT2D eigenvalue weighted by atomic mass is 10.1. The molecule has 2 aromatic heterocycles. The number of hydrogen-bond donors (Lipinski definition) is 1. The summed E-state index contributed by atoms with van der Waals surface area (Å²) in [6, 6.07) is 11.6. The Morgan fingerprint density at radius 2 is 2.03 bits per heavy atom. The molecule has 0 spiro atoms. The molecule has 0 unspecified atom stereocenters. The third-order valence-electron chi connectivity index (χ3n) is 5.73. The summed E-state index contributed by atoms with van der Waals surface area (Å²) in [4.78, 5) is 27.2. The minimum absolute atomic E-state index is 0.0517. The van der Waals surface area contributed by atoms with E-state index in [4.69, 9.17) is 21.0 Å².